The second-order valence-corrected chi connectivity index (χ2v) is 10.2. The number of hydrogen-bond acceptors (Lipinski definition) is 5. The van der Waals surface area contributed by atoms with E-state index in [4.69, 9.17) is 4.74 Å². The van der Waals surface area contributed by atoms with Gasteiger partial charge in [0.15, 0.2) is 11.6 Å². The highest BCUT2D eigenvalue weighted by Crippen LogP contribution is 2.22. The molecular formula is C25H33F2N3O5S. The fraction of sp³-hybridized carbons (Fsp3) is 0.440. The third-order valence-electron chi connectivity index (χ3n) is 5.60. The molecule has 0 aromatic heterocycles. The van der Waals surface area contributed by atoms with Gasteiger partial charge in [-0.2, -0.15) is 0 Å². The Balaban J connectivity index is 2.42. The number of nitrogens with zero attached hydrogens (tertiary/aromatic N) is 2. The molecule has 0 fully saturated rings. The van der Waals surface area contributed by atoms with Crippen molar-refractivity contribution in [3.8, 4) is 5.75 Å². The standard InChI is InChI=1S/C25H33F2N3O5S/c1-5-7-14-28-25(32)23(6-2)29(16-18-8-11-20(35-3)12-9-18)24(31)17-30(36(4,33)34)19-10-13-21(26)22(27)15-19/h8-13,15,23H,5-7,14,16-17H2,1-4H3,(H,28,32)/t23-/m1/s1. The number of unbranched alkanes of at least 4 members (excludes halogenated alkanes) is 1. The normalized spacial score (nSPS) is 12.1. The molecule has 2 rings (SSSR count). The first-order valence-corrected chi connectivity index (χ1v) is 13.5. The maximum absolute atomic E-state index is 13.9. The quantitative estimate of drug-likeness (QED) is 0.404. The van der Waals surface area contributed by atoms with Crippen LogP contribution in [0.2, 0.25) is 0 Å². The van der Waals surface area contributed by atoms with E-state index in [-0.39, 0.29) is 24.6 Å². The molecule has 0 radical (unpaired) electrons. The predicted molar refractivity (Wildman–Crippen MR) is 134 cm³/mol. The molecule has 8 nitrogen and oxygen atoms in total. The van der Waals surface area contributed by atoms with Crippen LogP contribution in [0.5, 0.6) is 5.75 Å². The zero-order valence-corrected chi connectivity index (χ0v) is 21.8. The van der Waals surface area contributed by atoms with E-state index in [9.17, 15) is 26.8 Å². The van der Waals surface area contributed by atoms with E-state index in [1.807, 2.05) is 6.92 Å². The van der Waals surface area contributed by atoms with E-state index in [1.165, 1.54) is 12.0 Å². The van der Waals surface area contributed by atoms with Gasteiger partial charge in [-0.1, -0.05) is 32.4 Å². The first-order chi connectivity index (χ1) is 17.0. The van der Waals surface area contributed by atoms with Crippen LogP contribution in [-0.4, -0.2) is 57.6 Å². The van der Waals surface area contributed by atoms with Crippen LogP contribution in [0.4, 0.5) is 14.5 Å². The van der Waals surface area contributed by atoms with Crippen LogP contribution < -0.4 is 14.4 Å². The van der Waals surface area contributed by atoms with Gasteiger partial charge in [-0.3, -0.25) is 13.9 Å². The molecule has 198 valence electrons. The largest absolute Gasteiger partial charge is 0.497 e. The summed E-state index contributed by atoms with van der Waals surface area (Å²) in [4.78, 5) is 27.8. The number of carbonyl (C=O) groups excluding carboxylic acids is 2. The first kappa shape index (κ1) is 29.0. The second kappa shape index (κ2) is 13.2. The lowest BCUT2D eigenvalue weighted by atomic mass is 10.1. The highest BCUT2D eigenvalue weighted by Gasteiger charge is 2.31. The molecule has 1 N–H and O–H groups in total. The van der Waals surface area contributed by atoms with Gasteiger partial charge in [0.25, 0.3) is 0 Å². The summed E-state index contributed by atoms with van der Waals surface area (Å²) in [5.74, 6) is -2.80. The lowest BCUT2D eigenvalue weighted by molar-refractivity contribution is -0.140. The number of halogens is 2. The van der Waals surface area contributed by atoms with Gasteiger partial charge in [-0.25, -0.2) is 17.2 Å². The Morgan fingerprint density at radius 3 is 2.25 bits per heavy atom. The van der Waals surface area contributed by atoms with Crippen molar-refractivity contribution in [1.82, 2.24) is 10.2 Å². The molecule has 0 saturated heterocycles. The summed E-state index contributed by atoms with van der Waals surface area (Å²) in [7, 11) is -2.52. The maximum Gasteiger partial charge on any atom is 0.244 e. The molecule has 0 unspecified atom stereocenters. The molecular weight excluding hydrogens is 492 g/mol. The van der Waals surface area contributed by atoms with Gasteiger partial charge >= 0.3 is 0 Å². The lowest BCUT2D eigenvalue weighted by Crippen LogP contribution is -2.52. The minimum atomic E-state index is -4.05. The molecule has 0 aliphatic heterocycles. The van der Waals surface area contributed by atoms with Gasteiger partial charge in [-0.15, -0.1) is 0 Å². The van der Waals surface area contributed by atoms with E-state index in [1.54, 1.807) is 31.2 Å². The summed E-state index contributed by atoms with van der Waals surface area (Å²) in [5.41, 5.74) is 0.497. The molecule has 0 aliphatic rings. The Kier molecular flexibility index (Phi) is 10.6. The number of amides is 2. The number of sulfonamides is 1. The molecule has 0 spiro atoms. The number of ether oxygens (including phenoxy) is 1. The number of nitrogens with one attached hydrogen (secondary N) is 1. The fourth-order valence-electron chi connectivity index (χ4n) is 3.61. The van der Waals surface area contributed by atoms with Crippen LogP contribution in [0, 0.1) is 11.6 Å². The van der Waals surface area contributed by atoms with Gasteiger partial charge in [0.05, 0.1) is 19.1 Å². The van der Waals surface area contributed by atoms with Gasteiger partial charge in [0.2, 0.25) is 21.8 Å². The van der Waals surface area contributed by atoms with Crippen LogP contribution in [0.1, 0.15) is 38.7 Å². The SMILES string of the molecule is CCCCNC(=O)[C@@H](CC)N(Cc1ccc(OC)cc1)C(=O)CN(c1ccc(F)c(F)c1)S(C)(=O)=O. The van der Waals surface area contributed by atoms with Gasteiger partial charge in [0, 0.05) is 19.2 Å². The summed E-state index contributed by atoms with van der Waals surface area (Å²) in [6.07, 6.45) is 2.80. The molecule has 0 saturated carbocycles. The van der Waals surface area contributed by atoms with Crippen molar-refractivity contribution in [2.75, 3.05) is 30.8 Å². The van der Waals surface area contributed by atoms with Crippen molar-refractivity contribution in [1.29, 1.82) is 0 Å². The van der Waals surface area contributed by atoms with Gasteiger partial charge in [0.1, 0.15) is 18.3 Å². The predicted octanol–water partition coefficient (Wildman–Crippen LogP) is 3.46. The molecule has 0 heterocycles. The lowest BCUT2D eigenvalue weighted by Gasteiger charge is -2.33. The Morgan fingerprint density at radius 1 is 1.06 bits per heavy atom. The highest BCUT2D eigenvalue weighted by atomic mass is 32.2. The summed E-state index contributed by atoms with van der Waals surface area (Å²) >= 11 is 0. The Labute approximate surface area is 211 Å². The van der Waals surface area contributed by atoms with E-state index in [2.05, 4.69) is 5.32 Å². The van der Waals surface area contributed by atoms with E-state index in [0.717, 1.165) is 31.2 Å². The Hall–Kier alpha value is -3.21. The number of carbonyl (C=O) groups is 2. The minimum Gasteiger partial charge on any atom is -0.497 e. The van der Waals surface area contributed by atoms with Crippen molar-refractivity contribution < 1.29 is 31.5 Å². The summed E-state index contributed by atoms with van der Waals surface area (Å²) in [6, 6.07) is 8.62. The van der Waals surface area contributed by atoms with Crippen LogP contribution in [-0.2, 0) is 26.2 Å². The zero-order valence-electron chi connectivity index (χ0n) is 21.0. The molecule has 0 aliphatic carbocycles. The van der Waals surface area contributed by atoms with Crippen LogP contribution >= 0.6 is 0 Å². The first-order valence-electron chi connectivity index (χ1n) is 11.6. The highest BCUT2D eigenvalue weighted by molar-refractivity contribution is 7.92. The number of rotatable bonds is 13. The summed E-state index contributed by atoms with van der Waals surface area (Å²) < 4.78 is 58.2. The van der Waals surface area contributed by atoms with Crippen molar-refractivity contribution in [3.05, 3.63) is 59.7 Å². The molecule has 2 aromatic rings. The van der Waals surface area contributed by atoms with E-state index >= 15 is 0 Å². The fourth-order valence-corrected chi connectivity index (χ4v) is 4.45. The van der Waals surface area contributed by atoms with Crippen molar-refractivity contribution >= 4 is 27.5 Å². The molecule has 2 aromatic carbocycles. The van der Waals surface area contributed by atoms with Crippen molar-refractivity contribution in [2.24, 2.45) is 0 Å². The van der Waals surface area contributed by atoms with Crippen LogP contribution in [0.15, 0.2) is 42.5 Å². The van der Waals surface area contributed by atoms with Crippen LogP contribution in [0.25, 0.3) is 0 Å². The number of anilines is 1. The molecule has 0 bridgehead atoms. The number of methoxy groups -OCH3 is 1. The molecule has 2 amide bonds. The zero-order chi connectivity index (χ0) is 26.9. The second-order valence-electron chi connectivity index (χ2n) is 8.31. The monoisotopic (exact) mass is 525 g/mol. The Bertz CT molecular complexity index is 1140. The van der Waals surface area contributed by atoms with E-state index < -0.39 is 40.2 Å². The maximum atomic E-state index is 13.9. The topological polar surface area (TPSA) is 96.0 Å². The summed E-state index contributed by atoms with van der Waals surface area (Å²) in [6.45, 7) is 3.51. The van der Waals surface area contributed by atoms with Gasteiger partial charge in [-0.05, 0) is 42.7 Å². The Morgan fingerprint density at radius 2 is 1.72 bits per heavy atom. The average molecular weight is 526 g/mol. The van der Waals surface area contributed by atoms with Crippen molar-refractivity contribution in [2.45, 2.75) is 45.7 Å². The molecule has 36 heavy (non-hydrogen) atoms. The van der Waals surface area contributed by atoms with E-state index in [0.29, 0.717) is 28.2 Å². The van der Waals surface area contributed by atoms with Gasteiger partial charge < -0.3 is 15.0 Å². The number of hydrogen-bond donors (Lipinski definition) is 1. The minimum absolute atomic E-state index is 0.0257. The molecule has 11 heteroatoms. The third-order valence-corrected chi connectivity index (χ3v) is 6.74. The smallest absolute Gasteiger partial charge is 0.244 e. The average Bonchev–Trinajstić information content (AvgIpc) is 2.84. The third kappa shape index (κ3) is 7.91. The number of benzene rings is 2. The summed E-state index contributed by atoms with van der Waals surface area (Å²) in [5, 5.41) is 2.83. The molecule has 1 atom stereocenters. The van der Waals surface area contributed by atoms with Crippen LogP contribution in [0.3, 0.4) is 0 Å². The van der Waals surface area contributed by atoms with Crippen molar-refractivity contribution in [3.63, 3.8) is 0 Å².